The molecule has 7 aromatic carbocycles. The number of hydrogen-bond acceptors (Lipinski definition) is 0. The van der Waals surface area contributed by atoms with Crippen molar-refractivity contribution in [2.75, 3.05) is 0 Å². The van der Waals surface area contributed by atoms with Gasteiger partial charge in [0.2, 0.25) is 0 Å². The molecule has 0 unspecified atom stereocenters. The summed E-state index contributed by atoms with van der Waals surface area (Å²) < 4.78 is 4.97. The topological polar surface area (TPSA) is 9.86 Å². The summed E-state index contributed by atoms with van der Waals surface area (Å²) in [6.07, 6.45) is 0. The average Bonchev–Trinajstić information content (AvgIpc) is 3.79. The number of benzene rings is 7. The fourth-order valence-electron chi connectivity index (χ4n) is 9.64. The van der Waals surface area contributed by atoms with Crippen LogP contribution in [0, 0.1) is 0 Å². The van der Waals surface area contributed by atoms with Gasteiger partial charge in [-0.25, -0.2) is 0 Å². The van der Waals surface area contributed by atoms with Crippen molar-refractivity contribution in [3.05, 3.63) is 168 Å². The van der Waals surface area contributed by atoms with Crippen LogP contribution in [0.25, 0.3) is 77.2 Å². The minimum atomic E-state index is -0.0705. The number of aromatic nitrogens is 2. The Balaban J connectivity index is 1.23. The Morgan fingerprint density at radius 1 is 0.320 bits per heavy atom. The number of fused-ring (bicyclic) bond motifs is 12. The zero-order valence-corrected chi connectivity index (χ0v) is 28.8. The van der Waals surface area contributed by atoms with Crippen molar-refractivity contribution in [3.63, 3.8) is 0 Å². The molecule has 0 bridgehead atoms. The smallest absolute Gasteiger partial charge is 0.0544 e. The lowest BCUT2D eigenvalue weighted by Crippen LogP contribution is -2.14. The van der Waals surface area contributed by atoms with E-state index < -0.39 is 0 Å². The van der Waals surface area contributed by atoms with Gasteiger partial charge in [-0.3, -0.25) is 0 Å². The highest BCUT2D eigenvalue weighted by Crippen LogP contribution is 2.53. The van der Waals surface area contributed by atoms with Crippen LogP contribution in [0.15, 0.2) is 146 Å². The Labute approximate surface area is 291 Å². The van der Waals surface area contributed by atoms with Crippen molar-refractivity contribution < 1.29 is 0 Å². The molecule has 0 spiro atoms. The van der Waals surface area contributed by atoms with Crippen molar-refractivity contribution in [3.8, 4) is 33.6 Å². The van der Waals surface area contributed by atoms with Crippen LogP contribution in [0.3, 0.4) is 0 Å². The molecule has 238 valence electrons. The molecule has 0 amide bonds. The molecule has 2 aliphatic rings. The van der Waals surface area contributed by atoms with Gasteiger partial charge in [0.25, 0.3) is 0 Å². The van der Waals surface area contributed by atoms with Crippen LogP contribution in [0.1, 0.15) is 49.9 Å². The third-order valence-electron chi connectivity index (χ3n) is 12.1. The van der Waals surface area contributed by atoms with Gasteiger partial charge in [0.1, 0.15) is 0 Å². The van der Waals surface area contributed by atoms with Gasteiger partial charge >= 0.3 is 0 Å². The molecule has 2 heteroatoms. The molecule has 2 nitrogen and oxygen atoms in total. The van der Waals surface area contributed by atoms with Crippen LogP contribution in [0.4, 0.5) is 0 Å². The van der Waals surface area contributed by atoms with Gasteiger partial charge in [-0.05, 0) is 105 Å². The molecular formula is C48H36N2. The van der Waals surface area contributed by atoms with Gasteiger partial charge in [-0.2, -0.15) is 0 Å². The molecule has 11 rings (SSSR count). The Morgan fingerprint density at radius 2 is 0.800 bits per heavy atom. The third kappa shape index (κ3) is 3.43. The van der Waals surface area contributed by atoms with E-state index in [0.717, 1.165) is 0 Å². The molecular weight excluding hydrogens is 605 g/mol. The summed E-state index contributed by atoms with van der Waals surface area (Å²) in [5.41, 5.74) is 18.2. The minimum Gasteiger partial charge on any atom is -0.309 e. The molecule has 0 fully saturated rings. The average molecular weight is 641 g/mol. The van der Waals surface area contributed by atoms with Crippen LogP contribution in [0.2, 0.25) is 0 Å². The first-order valence-electron chi connectivity index (χ1n) is 17.8. The summed E-state index contributed by atoms with van der Waals surface area (Å²) in [4.78, 5) is 0. The first-order valence-corrected chi connectivity index (χ1v) is 17.8. The van der Waals surface area contributed by atoms with Gasteiger partial charge in [-0.1, -0.05) is 113 Å². The quantitative estimate of drug-likeness (QED) is 0.178. The first-order chi connectivity index (χ1) is 24.3. The van der Waals surface area contributed by atoms with Crippen molar-refractivity contribution >= 4 is 43.6 Å². The minimum absolute atomic E-state index is 0.0695. The van der Waals surface area contributed by atoms with Gasteiger partial charge in [0.15, 0.2) is 0 Å². The second-order valence-corrected chi connectivity index (χ2v) is 15.4. The molecule has 2 heterocycles. The van der Waals surface area contributed by atoms with E-state index in [1.54, 1.807) is 0 Å². The van der Waals surface area contributed by atoms with Crippen LogP contribution in [-0.4, -0.2) is 9.13 Å². The second kappa shape index (κ2) is 9.43. The zero-order chi connectivity index (χ0) is 33.5. The lowest BCUT2D eigenvalue weighted by molar-refractivity contribution is 0.661. The number of hydrogen-bond donors (Lipinski definition) is 0. The Hall–Kier alpha value is -5.86. The SMILES string of the molecule is CC1(C)c2ccccc2-c2cc3c4ccccc4n(-c4ccc5c(c4)c4cc6c(cc4n5-c4ccccc4)C(C)(C)c4ccccc4-6)c3cc21. The van der Waals surface area contributed by atoms with E-state index in [1.807, 2.05) is 0 Å². The standard InChI is InChI=1S/C48H36N2/c1-47(2)39-19-11-8-16-31(39)34-25-37-33-18-10-13-21-43(33)50(45(37)27-41(34)47)30-22-23-44-36(24-30)38-26-35-32-17-9-12-20-40(32)48(3,4)42(35)28-46(38)49(44)29-14-6-5-7-15-29/h5-28H,1-4H3. The monoisotopic (exact) mass is 640 g/mol. The largest absolute Gasteiger partial charge is 0.309 e. The molecule has 0 saturated carbocycles. The fourth-order valence-corrected chi connectivity index (χ4v) is 9.64. The maximum Gasteiger partial charge on any atom is 0.0544 e. The van der Waals surface area contributed by atoms with E-state index in [1.165, 1.54) is 99.5 Å². The van der Waals surface area contributed by atoms with E-state index in [0.29, 0.717) is 0 Å². The van der Waals surface area contributed by atoms with E-state index in [4.69, 9.17) is 0 Å². The summed E-state index contributed by atoms with van der Waals surface area (Å²) in [6.45, 7) is 9.49. The number of nitrogens with zero attached hydrogens (tertiary/aromatic N) is 2. The molecule has 0 aliphatic heterocycles. The molecule has 0 saturated heterocycles. The summed E-state index contributed by atoms with van der Waals surface area (Å²) in [7, 11) is 0. The van der Waals surface area contributed by atoms with Gasteiger partial charge in [-0.15, -0.1) is 0 Å². The highest BCUT2D eigenvalue weighted by atomic mass is 15.0. The van der Waals surface area contributed by atoms with E-state index in [2.05, 4.69) is 182 Å². The summed E-state index contributed by atoms with van der Waals surface area (Å²) >= 11 is 0. The molecule has 2 aliphatic carbocycles. The molecule has 0 radical (unpaired) electrons. The van der Waals surface area contributed by atoms with Crippen molar-refractivity contribution in [2.45, 2.75) is 38.5 Å². The highest BCUT2D eigenvalue weighted by molar-refractivity contribution is 6.14. The van der Waals surface area contributed by atoms with Crippen LogP contribution in [-0.2, 0) is 10.8 Å². The summed E-state index contributed by atoms with van der Waals surface area (Å²) in [6, 6.07) is 54.7. The highest BCUT2D eigenvalue weighted by Gasteiger charge is 2.37. The fraction of sp³-hybridized carbons (Fsp3) is 0.125. The maximum atomic E-state index is 2.50. The first kappa shape index (κ1) is 28.0. The predicted molar refractivity (Wildman–Crippen MR) is 210 cm³/mol. The van der Waals surface area contributed by atoms with E-state index in [-0.39, 0.29) is 10.8 Å². The van der Waals surface area contributed by atoms with Crippen LogP contribution in [0.5, 0.6) is 0 Å². The normalized spacial score (nSPS) is 15.1. The summed E-state index contributed by atoms with van der Waals surface area (Å²) in [5.74, 6) is 0. The zero-order valence-electron chi connectivity index (χ0n) is 28.8. The van der Waals surface area contributed by atoms with Crippen LogP contribution < -0.4 is 0 Å². The number of para-hydroxylation sites is 2. The number of rotatable bonds is 2. The summed E-state index contributed by atoms with van der Waals surface area (Å²) in [5, 5.41) is 5.15. The second-order valence-electron chi connectivity index (χ2n) is 15.4. The third-order valence-corrected chi connectivity index (χ3v) is 12.1. The van der Waals surface area contributed by atoms with Crippen molar-refractivity contribution in [1.82, 2.24) is 9.13 Å². The van der Waals surface area contributed by atoms with Gasteiger partial charge in [0, 0.05) is 43.7 Å². The maximum absolute atomic E-state index is 2.50. The van der Waals surface area contributed by atoms with E-state index >= 15 is 0 Å². The predicted octanol–water partition coefficient (Wildman–Crippen LogP) is 12.5. The Bertz CT molecular complexity index is 2910. The molecule has 2 aromatic heterocycles. The molecule has 9 aromatic rings. The molecule has 50 heavy (non-hydrogen) atoms. The lowest BCUT2D eigenvalue weighted by atomic mass is 9.82. The molecule has 0 N–H and O–H groups in total. The van der Waals surface area contributed by atoms with Crippen molar-refractivity contribution in [1.29, 1.82) is 0 Å². The van der Waals surface area contributed by atoms with Gasteiger partial charge < -0.3 is 9.13 Å². The van der Waals surface area contributed by atoms with Gasteiger partial charge in [0.05, 0.1) is 22.1 Å². The lowest BCUT2D eigenvalue weighted by Gasteiger charge is -2.21. The Kier molecular flexibility index (Phi) is 5.28. The van der Waals surface area contributed by atoms with Crippen LogP contribution >= 0.6 is 0 Å². The molecule has 0 atom stereocenters. The van der Waals surface area contributed by atoms with Crippen molar-refractivity contribution in [2.24, 2.45) is 0 Å². The Morgan fingerprint density at radius 3 is 1.44 bits per heavy atom. The van der Waals surface area contributed by atoms with E-state index in [9.17, 15) is 0 Å².